The predicted molar refractivity (Wildman–Crippen MR) is 67.3 cm³/mol. The number of nitrogens with zero attached hydrogens (tertiary/aromatic N) is 1. The summed E-state index contributed by atoms with van der Waals surface area (Å²) >= 11 is 0. The number of aromatic nitrogens is 1. The van der Waals surface area contributed by atoms with Gasteiger partial charge < -0.3 is 5.73 Å². The van der Waals surface area contributed by atoms with Crippen molar-refractivity contribution >= 4 is 0 Å². The molecule has 1 atom stereocenters. The topological polar surface area (TPSA) is 38.9 Å². The van der Waals surface area contributed by atoms with Crippen LogP contribution in [-0.2, 0) is 6.18 Å². The van der Waals surface area contributed by atoms with Gasteiger partial charge in [-0.05, 0) is 30.7 Å². The molecule has 1 unspecified atom stereocenters. The SMILES string of the molecule is CC(N)c1ccc(-c2ccc(C(F)(F)F)cc2)cn1. The van der Waals surface area contributed by atoms with Crippen molar-refractivity contribution in [1.82, 2.24) is 4.98 Å². The largest absolute Gasteiger partial charge is 0.416 e. The highest BCUT2D eigenvalue weighted by molar-refractivity contribution is 5.62. The van der Waals surface area contributed by atoms with Crippen LogP contribution in [-0.4, -0.2) is 4.98 Å². The van der Waals surface area contributed by atoms with Crippen LogP contribution in [0.1, 0.15) is 24.2 Å². The highest BCUT2D eigenvalue weighted by atomic mass is 19.4. The summed E-state index contributed by atoms with van der Waals surface area (Å²) in [6, 6.07) is 8.41. The van der Waals surface area contributed by atoms with Gasteiger partial charge in [-0.1, -0.05) is 18.2 Å². The van der Waals surface area contributed by atoms with E-state index in [2.05, 4.69) is 4.98 Å². The Morgan fingerprint density at radius 1 is 1.00 bits per heavy atom. The molecule has 2 nitrogen and oxygen atoms in total. The minimum atomic E-state index is -4.31. The first-order valence-corrected chi connectivity index (χ1v) is 5.77. The minimum Gasteiger partial charge on any atom is -0.323 e. The lowest BCUT2D eigenvalue weighted by Gasteiger charge is -2.09. The molecule has 0 aliphatic rings. The number of hydrogen-bond donors (Lipinski definition) is 1. The third-order valence-electron chi connectivity index (χ3n) is 2.80. The first kappa shape index (κ1) is 13.5. The van der Waals surface area contributed by atoms with Crippen molar-refractivity contribution in [3.05, 3.63) is 53.9 Å². The van der Waals surface area contributed by atoms with E-state index in [-0.39, 0.29) is 6.04 Å². The number of halogens is 3. The Morgan fingerprint density at radius 3 is 2.00 bits per heavy atom. The minimum absolute atomic E-state index is 0.165. The highest BCUT2D eigenvalue weighted by Crippen LogP contribution is 2.30. The van der Waals surface area contributed by atoms with Gasteiger partial charge in [0.15, 0.2) is 0 Å². The third kappa shape index (κ3) is 3.12. The Labute approximate surface area is 109 Å². The van der Waals surface area contributed by atoms with Gasteiger partial charge in [-0.3, -0.25) is 4.98 Å². The molecule has 2 N–H and O–H groups in total. The maximum absolute atomic E-state index is 12.4. The molecule has 1 aromatic carbocycles. The Kier molecular flexibility index (Phi) is 3.57. The fraction of sp³-hybridized carbons (Fsp3) is 0.214. The molecule has 0 fully saturated rings. The summed E-state index contributed by atoms with van der Waals surface area (Å²) in [6.45, 7) is 1.82. The van der Waals surface area contributed by atoms with Crippen molar-refractivity contribution in [2.45, 2.75) is 19.1 Å². The molecular weight excluding hydrogens is 253 g/mol. The quantitative estimate of drug-likeness (QED) is 0.898. The number of alkyl halides is 3. The second-order valence-corrected chi connectivity index (χ2v) is 4.34. The molecule has 0 amide bonds. The van der Waals surface area contributed by atoms with Crippen LogP contribution in [0.4, 0.5) is 13.2 Å². The molecule has 5 heteroatoms. The van der Waals surface area contributed by atoms with Crippen molar-refractivity contribution in [2.75, 3.05) is 0 Å². The molecule has 0 aliphatic carbocycles. The lowest BCUT2D eigenvalue weighted by atomic mass is 10.0. The lowest BCUT2D eigenvalue weighted by molar-refractivity contribution is -0.137. The standard InChI is InChI=1S/C14H13F3N2/c1-9(18)13-7-4-11(8-19-13)10-2-5-12(6-3-10)14(15,16)17/h2-9H,18H2,1H3. The van der Waals surface area contributed by atoms with Gasteiger partial charge >= 0.3 is 6.18 Å². The van der Waals surface area contributed by atoms with Crippen molar-refractivity contribution in [3.8, 4) is 11.1 Å². The molecule has 100 valence electrons. The maximum Gasteiger partial charge on any atom is 0.416 e. The van der Waals surface area contributed by atoms with Crippen molar-refractivity contribution in [1.29, 1.82) is 0 Å². The zero-order chi connectivity index (χ0) is 14.0. The van der Waals surface area contributed by atoms with Crippen LogP contribution in [0.25, 0.3) is 11.1 Å². The summed E-state index contributed by atoms with van der Waals surface area (Å²) in [7, 11) is 0. The summed E-state index contributed by atoms with van der Waals surface area (Å²) < 4.78 is 37.3. The molecule has 0 aliphatic heterocycles. The van der Waals surface area contributed by atoms with Gasteiger partial charge in [0.2, 0.25) is 0 Å². The number of nitrogens with two attached hydrogens (primary N) is 1. The van der Waals surface area contributed by atoms with Crippen molar-refractivity contribution in [2.24, 2.45) is 5.73 Å². The van der Waals surface area contributed by atoms with E-state index in [9.17, 15) is 13.2 Å². The van der Waals surface area contributed by atoms with Gasteiger partial charge in [0.05, 0.1) is 11.3 Å². The molecule has 19 heavy (non-hydrogen) atoms. The molecule has 2 rings (SSSR count). The molecule has 0 spiro atoms. The normalized spacial score (nSPS) is 13.3. The zero-order valence-corrected chi connectivity index (χ0v) is 10.3. The Balaban J connectivity index is 2.27. The number of hydrogen-bond acceptors (Lipinski definition) is 2. The van der Waals surface area contributed by atoms with Crippen LogP contribution in [0, 0.1) is 0 Å². The molecule has 1 heterocycles. The van der Waals surface area contributed by atoms with Crippen LogP contribution < -0.4 is 5.73 Å². The highest BCUT2D eigenvalue weighted by Gasteiger charge is 2.29. The first-order valence-electron chi connectivity index (χ1n) is 5.77. The van der Waals surface area contributed by atoms with E-state index >= 15 is 0 Å². The fourth-order valence-electron chi connectivity index (χ4n) is 1.70. The number of benzene rings is 1. The molecule has 0 saturated carbocycles. The van der Waals surface area contributed by atoms with Crippen molar-refractivity contribution < 1.29 is 13.2 Å². The first-order chi connectivity index (χ1) is 8.88. The Morgan fingerprint density at radius 2 is 1.58 bits per heavy atom. The van der Waals surface area contributed by atoms with Crippen LogP contribution in [0.5, 0.6) is 0 Å². The smallest absolute Gasteiger partial charge is 0.323 e. The van der Waals surface area contributed by atoms with Crippen LogP contribution in [0.15, 0.2) is 42.6 Å². The second-order valence-electron chi connectivity index (χ2n) is 4.34. The predicted octanol–water partition coefficient (Wildman–Crippen LogP) is 3.79. The summed E-state index contributed by atoms with van der Waals surface area (Å²) in [5.41, 5.74) is 7.23. The molecule has 0 bridgehead atoms. The van der Waals surface area contributed by atoms with Crippen LogP contribution >= 0.6 is 0 Å². The van der Waals surface area contributed by atoms with E-state index in [4.69, 9.17) is 5.73 Å². The number of rotatable bonds is 2. The average molecular weight is 266 g/mol. The molecule has 1 aromatic heterocycles. The molecule has 0 radical (unpaired) electrons. The van der Waals surface area contributed by atoms with E-state index in [1.54, 1.807) is 18.3 Å². The second kappa shape index (κ2) is 5.01. The molecule has 2 aromatic rings. The van der Waals surface area contributed by atoms with E-state index in [0.717, 1.165) is 23.4 Å². The summed E-state index contributed by atoms with van der Waals surface area (Å²) in [6.07, 6.45) is -2.70. The van der Waals surface area contributed by atoms with Gasteiger partial charge in [-0.2, -0.15) is 13.2 Å². The summed E-state index contributed by atoms with van der Waals surface area (Å²) in [4.78, 5) is 4.18. The van der Waals surface area contributed by atoms with Gasteiger partial charge in [0, 0.05) is 17.8 Å². The van der Waals surface area contributed by atoms with E-state index in [0.29, 0.717) is 5.56 Å². The molecular formula is C14H13F3N2. The van der Waals surface area contributed by atoms with Crippen LogP contribution in [0.2, 0.25) is 0 Å². The summed E-state index contributed by atoms with van der Waals surface area (Å²) in [5.74, 6) is 0. The fourth-order valence-corrected chi connectivity index (χ4v) is 1.70. The third-order valence-corrected chi connectivity index (χ3v) is 2.80. The monoisotopic (exact) mass is 266 g/mol. The van der Waals surface area contributed by atoms with E-state index < -0.39 is 11.7 Å². The zero-order valence-electron chi connectivity index (χ0n) is 10.3. The van der Waals surface area contributed by atoms with E-state index in [1.807, 2.05) is 6.92 Å². The summed E-state index contributed by atoms with van der Waals surface area (Å²) in [5, 5.41) is 0. The van der Waals surface area contributed by atoms with Gasteiger partial charge in [0.1, 0.15) is 0 Å². The Hall–Kier alpha value is -1.88. The van der Waals surface area contributed by atoms with E-state index in [1.165, 1.54) is 12.1 Å². The maximum atomic E-state index is 12.4. The lowest BCUT2D eigenvalue weighted by Crippen LogP contribution is -2.06. The van der Waals surface area contributed by atoms with Gasteiger partial charge in [0.25, 0.3) is 0 Å². The number of pyridine rings is 1. The Bertz CT molecular complexity index is 542. The molecule has 0 saturated heterocycles. The van der Waals surface area contributed by atoms with Crippen molar-refractivity contribution in [3.63, 3.8) is 0 Å². The van der Waals surface area contributed by atoms with Gasteiger partial charge in [-0.25, -0.2) is 0 Å². The average Bonchev–Trinajstić information content (AvgIpc) is 2.38. The van der Waals surface area contributed by atoms with Gasteiger partial charge in [-0.15, -0.1) is 0 Å². The van der Waals surface area contributed by atoms with Crippen LogP contribution in [0.3, 0.4) is 0 Å².